The number of hydrogen-bond donors (Lipinski definition) is 1. The summed E-state index contributed by atoms with van der Waals surface area (Å²) in [4.78, 5) is 10.7. The highest BCUT2D eigenvalue weighted by atomic mass is 35.5. The first-order chi connectivity index (χ1) is 8.72. The fourth-order valence-corrected chi connectivity index (χ4v) is 2.11. The van der Waals surface area contributed by atoms with Gasteiger partial charge in [-0.05, 0) is 19.5 Å². The first-order valence-corrected chi connectivity index (χ1v) is 7.06. The zero-order valence-electron chi connectivity index (χ0n) is 11.5. The van der Waals surface area contributed by atoms with Crippen LogP contribution in [0.2, 0.25) is 5.15 Å². The third kappa shape index (κ3) is 4.42. The Balaban J connectivity index is 2.58. The van der Waals surface area contributed by atoms with E-state index in [2.05, 4.69) is 41.0 Å². The Morgan fingerprint density at radius 1 is 1.22 bits per heavy atom. The molecule has 0 saturated carbocycles. The van der Waals surface area contributed by atoms with Gasteiger partial charge in [0.2, 0.25) is 0 Å². The van der Waals surface area contributed by atoms with Crippen molar-refractivity contribution < 1.29 is 0 Å². The van der Waals surface area contributed by atoms with E-state index < -0.39 is 0 Å². The minimum Gasteiger partial charge on any atom is -0.368 e. The average molecular weight is 271 g/mol. The number of anilines is 1. The third-order valence-corrected chi connectivity index (χ3v) is 3.33. The van der Waals surface area contributed by atoms with E-state index in [1.807, 2.05) is 0 Å². The van der Waals surface area contributed by atoms with Crippen LogP contribution >= 0.6 is 11.6 Å². The minimum atomic E-state index is 0.567. The Labute approximate surface area is 115 Å². The lowest BCUT2D eigenvalue weighted by atomic mass is 10.2. The maximum atomic E-state index is 6.10. The minimum absolute atomic E-state index is 0.567. The highest BCUT2D eigenvalue weighted by molar-refractivity contribution is 6.30. The molecular formula is C13H23ClN4. The van der Waals surface area contributed by atoms with Crippen LogP contribution < -0.4 is 5.32 Å². The normalized spacial score (nSPS) is 10.9. The summed E-state index contributed by atoms with van der Waals surface area (Å²) in [6, 6.07) is 0. The molecule has 0 unspecified atom stereocenters. The fraction of sp³-hybridized carbons (Fsp3) is 0.692. The van der Waals surface area contributed by atoms with Gasteiger partial charge in [-0.25, -0.2) is 9.97 Å². The Morgan fingerprint density at radius 2 is 1.94 bits per heavy atom. The molecule has 1 rings (SSSR count). The number of nitrogens with zero attached hydrogens (tertiary/aromatic N) is 3. The van der Waals surface area contributed by atoms with Gasteiger partial charge in [0.15, 0.2) is 0 Å². The number of aromatic nitrogens is 2. The number of likely N-dealkylation sites (N-methyl/N-ethyl adjacent to an activating group) is 1. The summed E-state index contributed by atoms with van der Waals surface area (Å²) in [6.45, 7) is 10.5. The van der Waals surface area contributed by atoms with Gasteiger partial charge in [0, 0.05) is 18.7 Å². The fourth-order valence-electron chi connectivity index (χ4n) is 1.89. The molecule has 0 fully saturated rings. The highest BCUT2D eigenvalue weighted by Crippen LogP contribution is 2.21. The molecule has 4 nitrogen and oxygen atoms in total. The van der Waals surface area contributed by atoms with E-state index in [0.29, 0.717) is 5.15 Å². The van der Waals surface area contributed by atoms with Crippen molar-refractivity contribution in [2.45, 2.75) is 33.6 Å². The molecule has 18 heavy (non-hydrogen) atoms. The van der Waals surface area contributed by atoms with Crippen LogP contribution in [0.5, 0.6) is 0 Å². The van der Waals surface area contributed by atoms with Crippen LogP contribution in [0.3, 0.4) is 0 Å². The molecule has 0 aliphatic heterocycles. The van der Waals surface area contributed by atoms with Crippen LogP contribution in [0.1, 0.15) is 32.8 Å². The van der Waals surface area contributed by atoms with Crippen LogP contribution in [0.15, 0.2) is 6.33 Å². The lowest BCUT2D eigenvalue weighted by molar-refractivity contribution is 0.316. The Hall–Kier alpha value is -0.870. The molecule has 0 aliphatic rings. The van der Waals surface area contributed by atoms with Gasteiger partial charge in [-0.15, -0.1) is 0 Å². The highest BCUT2D eigenvalue weighted by Gasteiger charge is 2.08. The van der Waals surface area contributed by atoms with Gasteiger partial charge in [0.1, 0.15) is 17.3 Å². The summed E-state index contributed by atoms with van der Waals surface area (Å²) < 4.78 is 0. The smallest absolute Gasteiger partial charge is 0.137 e. The van der Waals surface area contributed by atoms with E-state index in [1.165, 1.54) is 6.33 Å². The van der Waals surface area contributed by atoms with Gasteiger partial charge in [0.25, 0.3) is 0 Å². The molecule has 102 valence electrons. The second-order valence-corrected chi connectivity index (χ2v) is 4.55. The molecule has 0 radical (unpaired) electrons. The monoisotopic (exact) mass is 270 g/mol. The van der Waals surface area contributed by atoms with Crippen LogP contribution in [0, 0.1) is 0 Å². The van der Waals surface area contributed by atoms with Gasteiger partial charge in [-0.3, -0.25) is 0 Å². The van der Waals surface area contributed by atoms with E-state index in [4.69, 9.17) is 11.6 Å². The van der Waals surface area contributed by atoms with Crippen LogP contribution in [-0.2, 0) is 6.42 Å². The van der Waals surface area contributed by atoms with Crippen molar-refractivity contribution in [3.63, 3.8) is 0 Å². The Bertz CT molecular complexity index is 353. The summed E-state index contributed by atoms with van der Waals surface area (Å²) in [5.74, 6) is 0.879. The lowest BCUT2D eigenvalue weighted by Gasteiger charge is -2.19. The van der Waals surface area contributed by atoms with E-state index in [1.54, 1.807) is 0 Å². The average Bonchev–Trinajstić information content (AvgIpc) is 2.38. The van der Waals surface area contributed by atoms with Crippen molar-refractivity contribution in [3.05, 3.63) is 17.0 Å². The largest absolute Gasteiger partial charge is 0.368 e. The van der Waals surface area contributed by atoms with Gasteiger partial charge < -0.3 is 10.2 Å². The number of halogens is 1. The number of hydrogen-bond acceptors (Lipinski definition) is 4. The van der Waals surface area contributed by atoms with Crippen molar-refractivity contribution in [2.75, 3.05) is 31.5 Å². The number of rotatable bonds is 8. The summed E-state index contributed by atoms with van der Waals surface area (Å²) in [5.41, 5.74) is 1.03. The van der Waals surface area contributed by atoms with E-state index in [0.717, 1.165) is 50.4 Å². The van der Waals surface area contributed by atoms with Gasteiger partial charge in [0.05, 0.1) is 0 Å². The molecule has 1 aromatic rings. The first-order valence-electron chi connectivity index (χ1n) is 6.68. The third-order valence-electron chi connectivity index (χ3n) is 3.01. The first kappa shape index (κ1) is 15.2. The SMILES string of the molecule is CCCc1c(Cl)ncnc1NCCN(CC)CC. The maximum absolute atomic E-state index is 6.10. The van der Waals surface area contributed by atoms with Crippen LogP contribution in [0.4, 0.5) is 5.82 Å². The molecule has 0 atom stereocenters. The Morgan fingerprint density at radius 3 is 2.56 bits per heavy atom. The number of nitrogens with one attached hydrogen (secondary N) is 1. The summed E-state index contributed by atoms with van der Waals surface area (Å²) in [7, 11) is 0. The molecule has 1 N–H and O–H groups in total. The topological polar surface area (TPSA) is 41.1 Å². The molecule has 0 aliphatic carbocycles. The Kier molecular flexibility index (Phi) is 6.98. The van der Waals surface area contributed by atoms with E-state index in [9.17, 15) is 0 Å². The standard InChI is InChI=1S/C13H23ClN4/c1-4-7-11-12(14)16-10-17-13(11)15-8-9-18(5-2)6-3/h10H,4-9H2,1-3H3,(H,15,16,17). The molecule has 0 aromatic carbocycles. The molecule has 0 saturated heterocycles. The molecule has 1 heterocycles. The van der Waals surface area contributed by atoms with Crippen LogP contribution in [0.25, 0.3) is 0 Å². The quantitative estimate of drug-likeness (QED) is 0.738. The van der Waals surface area contributed by atoms with Crippen LogP contribution in [-0.4, -0.2) is 41.0 Å². The van der Waals surface area contributed by atoms with Crippen molar-refractivity contribution in [1.29, 1.82) is 0 Å². The van der Waals surface area contributed by atoms with Gasteiger partial charge in [-0.1, -0.05) is 38.8 Å². The second-order valence-electron chi connectivity index (χ2n) is 4.20. The van der Waals surface area contributed by atoms with Crippen molar-refractivity contribution in [3.8, 4) is 0 Å². The van der Waals surface area contributed by atoms with Crippen molar-refractivity contribution >= 4 is 17.4 Å². The predicted octanol–water partition coefficient (Wildman–Crippen LogP) is 2.84. The van der Waals surface area contributed by atoms with E-state index in [-0.39, 0.29) is 0 Å². The predicted molar refractivity (Wildman–Crippen MR) is 77.3 cm³/mol. The van der Waals surface area contributed by atoms with E-state index >= 15 is 0 Å². The van der Waals surface area contributed by atoms with Gasteiger partial charge >= 0.3 is 0 Å². The van der Waals surface area contributed by atoms with Crippen molar-refractivity contribution in [1.82, 2.24) is 14.9 Å². The molecule has 0 amide bonds. The zero-order valence-corrected chi connectivity index (χ0v) is 12.3. The molecular weight excluding hydrogens is 248 g/mol. The van der Waals surface area contributed by atoms with Gasteiger partial charge in [-0.2, -0.15) is 0 Å². The molecule has 1 aromatic heterocycles. The lowest BCUT2D eigenvalue weighted by Crippen LogP contribution is -2.29. The molecule has 5 heteroatoms. The maximum Gasteiger partial charge on any atom is 0.137 e. The molecule has 0 bridgehead atoms. The summed E-state index contributed by atoms with van der Waals surface area (Å²) in [5, 5.41) is 3.93. The summed E-state index contributed by atoms with van der Waals surface area (Å²) in [6.07, 6.45) is 3.46. The zero-order chi connectivity index (χ0) is 13.4. The molecule has 0 spiro atoms. The second kappa shape index (κ2) is 8.27. The van der Waals surface area contributed by atoms with Crippen molar-refractivity contribution in [2.24, 2.45) is 0 Å². The summed E-state index contributed by atoms with van der Waals surface area (Å²) >= 11 is 6.10.